The smallest absolute Gasteiger partial charge is 0.223 e. The summed E-state index contributed by atoms with van der Waals surface area (Å²) in [6.07, 6.45) is 11.8. The molecule has 29 heavy (non-hydrogen) atoms. The Hall–Kier alpha value is -1.26. The lowest BCUT2D eigenvalue weighted by molar-refractivity contribution is -0.136. The maximum atomic E-state index is 13.3. The van der Waals surface area contributed by atoms with Gasteiger partial charge in [0.15, 0.2) is 0 Å². The summed E-state index contributed by atoms with van der Waals surface area (Å²) in [6, 6.07) is 6.83. The average Bonchev–Trinajstić information content (AvgIpc) is 2.77. The Morgan fingerprint density at radius 3 is 2.59 bits per heavy atom. The van der Waals surface area contributed by atoms with Crippen LogP contribution in [0.4, 0.5) is 0 Å². The SMILES string of the molecule is COc1ccc2c(c1)CN(C(=O)CCC1CCNCC1)C(C1CCCCC1)C2.Cl. The molecule has 5 heteroatoms. The third-order valence-corrected chi connectivity index (χ3v) is 7.32. The van der Waals surface area contributed by atoms with E-state index in [2.05, 4.69) is 28.4 Å². The van der Waals surface area contributed by atoms with Gasteiger partial charge in [-0.3, -0.25) is 4.79 Å². The molecule has 1 saturated heterocycles. The third-order valence-electron chi connectivity index (χ3n) is 7.32. The Morgan fingerprint density at radius 1 is 1.10 bits per heavy atom. The molecule has 1 saturated carbocycles. The fourth-order valence-corrected chi connectivity index (χ4v) is 5.57. The zero-order valence-electron chi connectivity index (χ0n) is 17.8. The van der Waals surface area contributed by atoms with Crippen LogP contribution in [0.25, 0.3) is 0 Å². The molecule has 0 spiro atoms. The molecule has 1 amide bonds. The molecular weight excluding hydrogens is 384 g/mol. The second-order valence-corrected chi connectivity index (χ2v) is 9.06. The topological polar surface area (TPSA) is 41.6 Å². The minimum Gasteiger partial charge on any atom is -0.497 e. The molecule has 1 unspecified atom stereocenters. The molecule has 4 rings (SSSR count). The lowest BCUT2D eigenvalue weighted by Crippen LogP contribution is -2.48. The van der Waals surface area contributed by atoms with E-state index in [1.807, 2.05) is 0 Å². The number of carbonyl (C=O) groups is 1. The van der Waals surface area contributed by atoms with E-state index in [1.165, 1.54) is 56.1 Å². The molecule has 4 nitrogen and oxygen atoms in total. The zero-order chi connectivity index (χ0) is 19.3. The van der Waals surface area contributed by atoms with Crippen molar-refractivity contribution in [1.29, 1.82) is 0 Å². The van der Waals surface area contributed by atoms with Gasteiger partial charge in [0, 0.05) is 19.0 Å². The number of hydrogen-bond acceptors (Lipinski definition) is 3. The Bertz CT molecular complexity index is 669. The van der Waals surface area contributed by atoms with E-state index in [4.69, 9.17) is 4.74 Å². The number of nitrogens with zero attached hydrogens (tertiary/aromatic N) is 1. The minimum absolute atomic E-state index is 0. The van der Waals surface area contributed by atoms with Crippen molar-refractivity contribution in [2.45, 2.75) is 76.8 Å². The number of benzene rings is 1. The molecule has 1 atom stereocenters. The van der Waals surface area contributed by atoms with E-state index in [-0.39, 0.29) is 12.4 Å². The van der Waals surface area contributed by atoms with Crippen LogP contribution in [0.1, 0.15) is 68.9 Å². The van der Waals surface area contributed by atoms with Crippen molar-refractivity contribution in [3.05, 3.63) is 29.3 Å². The number of hydrogen-bond donors (Lipinski definition) is 1. The van der Waals surface area contributed by atoms with Crippen molar-refractivity contribution in [3.63, 3.8) is 0 Å². The van der Waals surface area contributed by atoms with Gasteiger partial charge in [-0.15, -0.1) is 12.4 Å². The van der Waals surface area contributed by atoms with E-state index >= 15 is 0 Å². The number of nitrogens with one attached hydrogen (secondary N) is 1. The van der Waals surface area contributed by atoms with Crippen LogP contribution in [0.2, 0.25) is 0 Å². The first kappa shape index (κ1) is 22.4. The number of carbonyl (C=O) groups excluding carboxylic acids is 1. The lowest BCUT2D eigenvalue weighted by atomic mass is 9.78. The molecular formula is C24H37ClN2O2. The van der Waals surface area contributed by atoms with Gasteiger partial charge in [-0.1, -0.05) is 25.3 Å². The zero-order valence-corrected chi connectivity index (χ0v) is 18.6. The lowest BCUT2D eigenvalue weighted by Gasteiger charge is -2.43. The van der Waals surface area contributed by atoms with Crippen molar-refractivity contribution in [3.8, 4) is 5.75 Å². The predicted molar refractivity (Wildman–Crippen MR) is 120 cm³/mol. The molecule has 2 heterocycles. The highest BCUT2D eigenvalue weighted by atomic mass is 35.5. The summed E-state index contributed by atoms with van der Waals surface area (Å²) in [7, 11) is 1.72. The summed E-state index contributed by atoms with van der Waals surface area (Å²) >= 11 is 0. The normalized spacial score (nSPS) is 23.2. The Morgan fingerprint density at radius 2 is 1.86 bits per heavy atom. The van der Waals surface area contributed by atoms with Gasteiger partial charge in [0.1, 0.15) is 5.75 Å². The van der Waals surface area contributed by atoms with Gasteiger partial charge in [0.2, 0.25) is 5.91 Å². The van der Waals surface area contributed by atoms with Crippen LogP contribution in [-0.2, 0) is 17.8 Å². The van der Waals surface area contributed by atoms with Gasteiger partial charge in [-0.05, 0) is 86.7 Å². The molecule has 1 aromatic rings. The van der Waals surface area contributed by atoms with Crippen molar-refractivity contribution < 1.29 is 9.53 Å². The van der Waals surface area contributed by atoms with Gasteiger partial charge in [0.05, 0.1) is 7.11 Å². The second kappa shape index (κ2) is 10.7. The number of methoxy groups -OCH3 is 1. The first-order valence-corrected chi connectivity index (χ1v) is 11.4. The second-order valence-electron chi connectivity index (χ2n) is 9.06. The molecule has 3 aliphatic rings. The minimum atomic E-state index is 0. The highest BCUT2D eigenvalue weighted by Gasteiger charge is 2.35. The number of ether oxygens (including phenoxy) is 1. The van der Waals surface area contributed by atoms with Crippen LogP contribution in [-0.4, -0.2) is 37.0 Å². The number of amides is 1. The van der Waals surface area contributed by atoms with E-state index in [9.17, 15) is 4.79 Å². The van der Waals surface area contributed by atoms with Crippen molar-refractivity contribution >= 4 is 18.3 Å². The van der Waals surface area contributed by atoms with E-state index in [0.29, 0.717) is 24.3 Å². The quantitative estimate of drug-likeness (QED) is 0.748. The molecule has 1 aliphatic carbocycles. The summed E-state index contributed by atoms with van der Waals surface area (Å²) in [4.78, 5) is 15.6. The summed E-state index contributed by atoms with van der Waals surface area (Å²) in [5.41, 5.74) is 2.69. The first-order chi connectivity index (χ1) is 13.7. The van der Waals surface area contributed by atoms with Crippen LogP contribution in [0.3, 0.4) is 0 Å². The van der Waals surface area contributed by atoms with Gasteiger partial charge in [-0.25, -0.2) is 0 Å². The summed E-state index contributed by atoms with van der Waals surface area (Å²) < 4.78 is 5.44. The van der Waals surface area contributed by atoms with Gasteiger partial charge in [0.25, 0.3) is 0 Å². The predicted octanol–water partition coefficient (Wildman–Crippen LogP) is 4.73. The Kier molecular flexibility index (Phi) is 8.25. The molecule has 1 N–H and O–H groups in total. The highest BCUT2D eigenvalue weighted by molar-refractivity contribution is 5.85. The third kappa shape index (κ3) is 5.46. The summed E-state index contributed by atoms with van der Waals surface area (Å²) in [5, 5.41) is 3.43. The van der Waals surface area contributed by atoms with Crippen LogP contribution in [0.15, 0.2) is 18.2 Å². The first-order valence-electron chi connectivity index (χ1n) is 11.4. The van der Waals surface area contributed by atoms with Gasteiger partial charge < -0.3 is 15.0 Å². The van der Waals surface area contributed by atoms with Crippen molar-refractivity contribution in [2.75, 3.05) is 20.2 Å². The molecule has 0 aromatic heterocycles. The molecule has 1 aromatic carbocycles. The molecule has 0 bridgehead atoms. The highest BCUT2D eigenvalue weighted by Crippen LogP contribution is 2.36. The van der Waals surface area contributed by atoms with E-state index < -0.39 is 0 Å². The van der Waals surface area contributed by atoms with Crippen molar-refractivity contribution in [2.24, 2.45) is 11.8 Å². The number of halogens is 1. The van der Waals surface area contributed by atoms with Crippen LogP contribution < -0.4 is 10.1 Å². The van der Waals surface area contributed by atoms with Crippen LogP contribution in [0, 0.1) is 11.8 Å². The van der Waals surface area contributed by atoms with Crippen LogP contribution in [0.5, 0.6) is 5.75 Å². The largest absolute Gasteiger partial charge is 0.497 e. The molecule has 0 radical (unpaired) electrons. The Labute approximate surface area is 182 Å². The molecule has 162 valence electrons. The van der Waals surface area contributed by atoms with E-state index in [1.54, 1.807) is 7.11 Å². The average molecular weight is 421 g/mol. The van der Waals surface area contributed by atoms with E-state index in [0.717, 1.165) is 44.1 Å². The number of fused-ring (bicyclic) bond motifs is 1. The fraction of sp³-hybridized carbons (Fsp3) is 0.708. The fourth-order valence-electron chi connectivity index (χ4n) is 5.57. The maximum Gasteiger partial charge on any atom is 0.223 e. The number of piperidine rings is 1. The standard InChI is InChI=1S/C24H36N2O2.ClH/c1-28-22-9-8-20-16-23(19-5-3-2-4-6-19)26(17-21(20)15-22)24(27)10-7-18-11-13-25-14-12-18;/h8-9,15,18-19,23,25H,2-7,10-14,16-17H2,1H3;1H. The van der Waals surface area contributed by atoms with Crippen LogP contribution >= 0.6 is 12.4 Å². The summed E-state index contributed by atoms with van der Waals surface area (Å²) in [6.45, 7) is 2.99. The molecule has 2 aliphatic heterocycles. The monoisotopic (exact) mass is 420 g/mol. The Balaban J connectivity index is 0.00000240. The van der Waals surface area contributed by atoms with Gasteiger partial charge >= 0.3 is 0 Å². The maximum absolute atomic E-state index is 13.3. The number of rotatable bonds is 5. The molecule has 2 fully saturated rings. The van der Waals surface area contributed by atoms with Gasteiger partial charge in [-0.2, -0.15) is 0 Å². The summed E-state index contributed by atoms with van der Waals surface area (Å²) in [5.74, 6) is 2.67. The van der Waals surface area contributed by atoms with Crippen molar-refractivity contribution in [1.82, 2.24) is 10.2 Å².